The molecule has 5 heteroatoms. The van der Waals surface area contributed by atoms with E-state index in [1.54, 1.807) is 5.48 Å². The van der Waals surface area contributed by atoms with Gasteiger partial charge in [-0.3, -0.25) is 9.59 Å². The second-order valence-electron chi connectivity index (χ2n) is 0.996. The average Bonchev–Trinajstić information content (AvgIpc) is 1.66. The summed E-state index contributed by atoms with van der Waals surface area (Å²) in [7, 11) is 0. The second kappa shape index (κ2) is 4.07. The summed E-state index contributed by atoms with van der Waals surface area (Å²) in [6.45, 7) is 1.26. The van der Waals surface area contributed by atoms with Crippen LogP contribution in [0.3, 0.4) is 0 Å². The van der Waals surface area contributed by atoms with Crippen molar-refractivity contribution in [1.29, 1.82) is 0 Å². The molecule has 0 atom stereocenters. The number of carbonyl (C=O) groups is 2. The summed E-state index contributed by atoms with van der Waals surface area (Å²) in [4.78, 5) is 23.4. The SMILES string of the molecule is CC(=O)NONC=O. The Bertz CT molecular complexity index is 92.5. The molecule has 0 unspecified atom stereocenters. The minimum Gasteiger partial charge on any atom is -0.277 e. The lowest BCUT2D eigenvalue weighted by Gasteiger charge is -1.95. The lowest BCUT2D eigenvalue weighted by atomic mass is 10.8. The van der Waals surface area contributed by atoms with E-state index in [9.17, 15) is 9.59 Å². The predicted molar refractivity (Wildman–Crippen MR) is 24.1 cm³/mol. The molecule has 0 bridgehead atoms. The maximum Gasteiger partial charge on any atom is 0.242 e. The maximum absolute atomic E-state index is 9.93. The van der Waals surface area contributed by atoms with E-state index in [4.69, 9.17) is 0 Å². The first-order chi connectivity index (χ1) is 3.77. The van der Waals surface area contributed by atoms with Gasteiger partial charge < -0.3 is 0 Å². The maximum atomic E-state index is 9.93. The van der Waals surface area contributed by atoms with E-state index in [1.165, 1.54) is 6.92 Å². The fraction of sp³-hybridized carbons (Fsp3) is 0.333. The summed E-state index contributed by atoms with van der Waals surface area (Å²) in [5, 5.41) is 0. The van der Waals surface area contributed by atoms with Gasteiger partial charge in [-0.25, -0.2) is 11.0 Å². The minimum absolute atomic E-state index is 0.302. The Morgan fingerprint density at radius 1 is 1.75 bits per heavy atom. The summed E-state index contributed by atoms with van der Waals surface area (Å²) in [5.74, 6) is -0.376. The summed E-state index contributed by atoms with van der Waals surface area (Å²) < 4.78 is 0. The van der Waals surface area contributed by atoms with E-state index >= 15 is 0 Å². The first-order valence-electron chi connectivity index (χ1n) is 1.89. The van der Waals surface area contributed by atoms with Crippen LogP contribution in [-0.2, 0) is 14.5 Å². The van der Waals surface area contributed by atoms with Crippen molar-refractivity contribution in [1.82, 2.24) is 11.0 Å². The van der Waals surface area contributed by atoms with Crippen LogP contribution in [-0.4, -0.2) is 12.3 Å². The van der Waals surface area contributed by atoms with Crippen LogP contribution in [0.1, 0.15) is 6.92 Å². The molecule has 0 fully saturated rings. The molecule has 0 aliphatic heterocycles. The molecule has 5 nitrogen and oxygen atoms in total. The normalized spacial score (nSPS) is 7.62. The molecular weight excluding hydrogens is 112 g/mol. The van der Waals surface area contributed by atoms with Gasteiger partial charge in [0, 0.05) is 6.92 Å². The third-order valence-corrected chi connectivity index (χ3v) is 0.302. The van der Waals surface area contributed by atoms with Gasteiger partial charge in [-0.1, -0.05) is 0 Å². The van der Waals surface area contributed by atoms with Crippen LogP contribution in [0.5, 0.6) is 0 Å². The van der Waals surface area contributed by atoms with Crippen LogP contribution in [0.25, 0.3) is 0 Å². The van der Waals surface area contributed by atoms with E-state index in [2.05, 4.69) is 4.94 Å². The van der Waals surface area contributed by atoms with Gasteiger partial charge in [-0.2, -0.15) is 4.94 Å². The monoisotopic (exact) mass is 118 g/mol. The molecular formula is C3H6N2O3. The molecule has 2 N–H and O–H groups in total. The zero-order valence-corrected chi connectivity index (χ0v) is 4.30. The van der Waals surface area contributed by atoms with Crippen molar-refractivity contribution in [3.8, 4) is 0 Å². The van der Waals surface area contributed by atoms with Crippen molar-refractivity contribution < 1.29 is 14.5 Å². The number of hydrogen-bond donors (Lipinski definition) is 2. The van der Waals surface area contributed by atoms with Crippen molar-refractivity contribution in [2.75, 3.05) is 0 Å². The van der Waals surface area contributed by atoms with Gasteiger partial charge in [0.15, 0.2) is 0 Å². The molecule has 46 valence electrons. The Balaban J connectivity index is 2.93. The molecule has 0 saturated carbocycles. The lowest BCUT2D eigenvalue weighted by Crippen LogP contribution is -2.28. The highest BCUT2D eigenvalue weighted by Gasteiger charge is 1.84. The first kappa shape index (κ1) is 6.90. The average molecular weight is 118 g/mol. The molecule has 0 radical (unpaired) electrons. The van der Waals surface area contributed by atoms with Crippen molar-refractivity contribution in [3.63, 3.8) is 0 Å². The quantitative estimate of drug-likeness (QED) is 0.275. The number of hydrogen-bond acceptors (Lipinski definition) is 3. The molecule has 0 aromatic rings. The number of hydroxylamine groups is 2. The van der Waals surface area contributed by atoms with Crippen molar-refractivity contribution in [2.24, 2.45) is 0 Å². The van der Waals surface area contributed by atoms with Gasteiger partial charge in [0.1, 0.15) is 0 Å². The van der Waals surface area contributed by atoms with Gasteiger partial charge in [-0.15, -0.1) is 0 Å². The summed E-state index contributed by atoms with van der Waals surface area (Å²) in [5.41, 5.74) is 3.63. The Hall–Kier alpha value is -1.10. The Labute approximate surface area is 45.9 Å². The zero-order valence-electron chi connectivity index (χ0n) is 4.30. The Morgan fingerprint density at radius 2 is 2.38 bits per heavy atom. The molecule has 0 spiro atoms. The van der Waals surface area contributed by atoms with E-state index in [0.717, 1.165) is 0 Å². The number of amides is 2. The highest BCUT2D eigenvalue weighted by molar-refractivity contribution is 5.71. The molecule has 0 aromatic carbocycles. The molecule has 0 heterocycles. The third kappa shape index (κ3) is 4.90. The molecule has 2 amide bonds. The van der Waals surface area contributed by atoms with Crippen LogP contribution in [0.2, 0.25) is 0 Å². The van der Waals surface area contributed by atoms with E-state index < -0.39 is 0 Å². The fourth-order valence-electron chi connectivity index (χ4n) is 0.125. The van der Waals surface area contributed by atoms with Crippen LogP contribution in [0.15, 0.2) is 0 Å². The smallest absolute Gasteiger partial charge is 0.242 e. The van der Waals surface area contributed by atoms with E-state index in [0.29, 0.717) is 6.41 Å². The highest BCUT2D eigenvalue weighted by Crippen LogP contribution is 1.55. The minimum atomic E-state index is -0.376. The van der Waals surface area contributed by atoms with Gasteiger partial charge in [0.25, 0.3) is 0 Å². The van der Waals surface area contributed by atoms with Gasteiger partial charge in [0.05, 0.1) is 0 Å². The summed E-state index contributed by atoms with van der Waals surface area (Å²) in [6, 6.07) is 0. The highest BCUT2D eigenvalue weighted by atomic mass is 16.8. The summed E-state index contributed by atoms with van der Waals surface area (Å²) >= 11 is 0. The second-order valence-corrected chi connectivity index (χ2v) is 0.996. The Kier molecular flexibility index (Phi) is 3.51. The van der Waals surface area contributed by atoms with Crippen molar-refractivity contribution in [2.45, 2.75) is 6.92 Å². The van der Waals surface area contributed by atoms with E-state index in [-0.39, 0.29) is 5.91 Å². The molecule has 0 aliphatic rings. The molecule has 0 aliphatic carbocycles. The van der Waals surface area contributed by atoms with Crippen LogP contribution in [0.4, 0.5) is 0 Å². The molecule has 8 heavy (non-hydrogen) atoms. The number of nitrogens with one attached hydrogen (secondary N) is 2. The standard InChI is InChI=1S/C3H6N2O3/c1-3(7)5-8-4-2-6/h2H,1H3,(H,4,6)(H,5,7). The first-order valence-corrected chi connectivity index (χ1v) is 1.89. The van der Waals surface area contributed by atoms with Crippen LogP contribution < -0.4 is 11.0 Å². The lowest BCUT2D eigenvalue weighted by molar-refractivity contribution is -0.143. The van der Waals surface area contributed by atoms with Gasteiger partial charge >= 0.3 is 0 Å². The molecule has 0 saturated heterocycles. The summed E-state index contributed by atoms with van der Waals surface area (Å²) in [6.07, 6.45) is 0.302. The Morgan fingerprint density at radius 3 is 2.75 bits per heavy atom. The van der Waals surface area contributed by atoms with Crippen LogP contribution in [0, 0.1) is 0 Å². The molecule has 0 rings (SSSR count). The predicted octanol–water partition coefficient (Wildman–Crippen LogP) is -1.28. The third-order valence-electron chi connectivity index (χ3n) is 0.302. The van der Waals surface area contributed by atoms with Crippen LogP contribution >= 0.6 is 0 Å². The van der Waals surface area contributed by atoms with Crippen molar-refractivity contribution in [3.05, 3.63) is 0 Å². The number of carbonyl (C=O) groups excluding carboxylic acids is 2. The van der Waals surface area contributed by atoms with Crippen molar-refractivity contribution >= 4 is 12.3 Å². The largest absolute Gasteiger partial charge is 0.277 e. The number of rotatable bonds is 3. The van der Waals surface area contributed by atoms with Gasteiger partial charge in [-0.05, 0) is 0 Å². The fourth-order valence-corrected chi connectivity index (χ4v) is 0.125. The van der Waals surface area contributed by atoms with E-state index in [1.807, 2.05) is 5.48 Å². The zero-order chi connectivity index (χ0) is 6.41. The molecule has 0 aromatic heterocycles. The topological polar surface area (TPSA) is 67.4 Å². The van der Waals surface area contributed by atoms with Gasteiger partial charge in [0.2, 0.25) is 12.3 Å².